The van der Waals surface area contributed by atoms with Crippen molar-refractivity contribution >= 4 is 29.0 Å². The highest BCUT2D eigenvalue weighted by Gasteiger charge is 2.34. The van der Waals surface area contributed by atoms with Crippen molar-refractivity contribution in [2.75, 3.05) is 39.2 Å². The van der Waals surface area contributed by atoms with Crippen LogP contribution in [-0.2, 0) is 11.2 Å². The van der Waals surface area contributed by atoms with Crippen molar-refractivity contribution in [2.24, 2.45) is 0 Å². The van der Waals surface area contributed by atoms with Gasteiger partial charge in [-0.15, -0.1) is 11.3 Å². The third-order valence-electron chi connectivity index (χ3n) is 6.45. The van der Waals surface area contributed by atoms with Gasteiger partial charge in [0.1, 0.15) is 18.0 Å². The topological polar surface area (TPSA) is 71.1 Å². The van der Waals surface area contributed by atoms with Crippen LogP contribution in [-0.4, -0.2) is 55.6 Å². The Bertz CT molecular complexity index is 1180. The van der Waals surface area contributed by atoms with Gasteiger partial charge in [-0.05, 0) is 47.5 Å². The van der Waals surface area contributed by atoms with Crippen LogP contribution in [0.2, 0.25) is 0 Å². The van der Waals surface area contributed by atoms with Crippen molar-refractivity contribution in [3.05, 3.63) is 76.0 Å². The first-order chi connectivity index (χ1) is 17.5. The number of nitrogens with zero attached hydrogens (tertiary/aromatic N) is 2. The second-order valence-corrected chi connectivity index (χ2v) is 9.72. The molecule has 1 aromatic heterocycles. The van der Waals surface area contributed by atoms with Gasteiger partial charge in [-0.25, -0.2) is 4.79 Å². The van der Waals surface area contributed by atoms with Crippen LogP contribution in [0.5, 0.6) is 11.5 Å². The zero-order valence-electron chi connectivity index (χ0n) is 21.0. The van der Waals surface area contributed by atoms with Crippen LogP contribution in [0.15, 0.2) is 60.0 Å². The monoisotopic (exact) mass is 507 g/mol. The lowest BCUT2D eigenvalue weighted by Crippen LogP contribution is -2.48. The summed E-state index contributed by atoms with van der Waals surface area (Å²) in [6.45, 7) is 3.19. The van der Waals surface area contributed by atoms with Crippen molar-refractivity contribution in [1.82, 2.24) is 9.80 Å². The molecule has 2 aromatic carbocycles. The van der Waals surface area contributed by atoms with Crippen molar-refractivity contribution in [3.63, 3.8) is 0 Å². The number of benzene rings is 2. The zero-order chi connectivity index (χ0) is 25.5. The molecule has 36 heavy (non-hydrogen) atoms. The molecule has 0 aliphatic carbocycles. The van der Waals surface area contributed by atoms with Crippen LogP contribution in [0, 0.1) is 0 Å². The fourth-order valence-corrected chi connectivity index (χ4v) is 5.44. The maximum absolute atomic E-state index is 13.7. The number of ether oxygens (including phenoxy) is 2. The second-order valence-electron chi connectivity index (χ2n) is 8.72. The Morgan fingerprint density at radius 2 is 1.92 bits per heavy atom. The van der Waals surface area contributed by atoms with Gasteiger partial charge < -0.3 is 24.6 Å². The minimum Gasteiger partial charge on any atom is -0.497 e. The minimum absolute atomic E-state index is 0.00705. The van der Waals surface area contributed by atoms with Gasteiger partial charge in [-0.3, -0.25) is 4.79 Å². The van der Waals surface area contributed by atoms with E-state index in [1.807, 2.05) is 23.1 Å². The summed E-state index contributed by atoms with van der Waals surface area (Å²) >= 11 is 1.74. The highest BCUT2D eigenvalue weighted by molar-refractivity contribution is 7.10. The van der Waals surface area contributed by atoms with Crippen LogP contribution in [0.1, 0.15) is 41.8 Å². The number of rotatable bonds is 9. The van der Waals surface area contributed by atoms with E-state index in [0.29, 0.717) is 30.3 Å². The van der Waals surface area contributed by atoms with Crippen molar-refractivity contribution in [1.29, 1.82) is 0 Å². The van der Waals surface area contributed by atoms with E-state index in [4.69, 9.17) is 9.47 Å². The Hall–Kier alpha value is -3.52. The van der Waals surface area contributed by atoms with Gasteiger partial charge in [0.25, 0.3) is 0 Å². The fraction of sp³-hybridized carbons (Fsp3) is 0.357. The van der Waals surface area contributed by atoms with E-state index in [-0.39, 0.29) is 24.5 Å². The maximum atomic E-state index is 13.7. The van der Waals surface area contributed by atoms with E-state index >= 15 is 0 Å². The molecule has 1 atom stereocenters. The van der Waals surface area contributed by atoms with Gasteiger partial charge in [-0.2, -0.15) is 0 Å². The number of urea groups is 1. The summed E-state index contributed by atoms with van der Waals surface area (Å²) in [6, 6.07) is 17.0. The van der Waals surface area contributed by atoms with Crippen LogP contribution < -0.4 is 14.8 Å². The van der Waals surface area contributed by atoms with Crippen molar-refractivity contribution in [3.8, 4) is 11.5 Å². The first-order valence-corrected chi connectivity index (χ1v) is 13.1. The number of carbonyl (C=O) groups is 2. The molecule has 3 amide bonds. The SMILES string of the molecule is CCCCN(CC(=O)N1CCc2sccc2C1c1ccccc1)C(=O)Nc1ccc(OC)cc1OC. The first-order valence-electron chi connectivity index (χ1n) is 12.2. The van der Waals surface area contributed by atoms with E-state index in [1.54, 1.807) is 48.7 Å². The van der Waals surface area contributed by atoms with Crippen LogP contribution in [0.3, 0.4) is 0 Å². The average Bonchev–Trinajstić information content (AvgIpc) is 3.40. The molecule has 1 unspecified atom stereocenters. The minimum atomic E-state index is -0.329. The Balaban J connectivity index is 1.55. The molecule has 1 aliphatic heterocycles. The molecule has 7 nitrogen and oxygen atoms in total. The highest BCUT2D eigenvalue weighted by atomic mass is 32.1. The molecule has 0 bridgehead atoms. The number of carbonyl (C=O) groups excluding carboxylic acids is 2. The summed E-state index contributed by atoms with van der Waals surface area (Å²) in [5.41, 5.74) is 2.79. The molecule has 3 aromatic rings. The maximum Gasteiger partial charge on any atom is 0.322 e. The lowest BCUT2D eigenvalue weighted by Gasteiger charge is -2.37. The number of thiophene rings is 1. The van der Waals surface area contributed by atoms with Crippen molar-refractivity contribution < 1.29 is 19.1 Å². The van der Waals surface area contributed by atoms with E-state index in [2.05, 4.69) is 35.8 Å². The standard InChI is InChI=1S/C28H33N3O4S/c1-4-5-15-30(28(33)29-23-12-11-21(34-2)18-24(23)35-3)19-26(32)31-16-13-25-22(14-17-36-25)27(31)20-9-7-6-8-10-20/h6-12,14,17-18,27H,4-5,13,15-16,19H2,1-3H3,(H,29,33). The summed E-state index contributed by atoms with van der Waals surface area (Å²) in [4.78, 5) is 31.9. The number of nitrogens with one attached hydrogen (secondary N) is 1. The van der Waals surface area contributed by atoms with E-state index in [0.717, 1.165) is 24.8 Å². The number of hydrogen-bond donors (Lipinski definition) is 1. The highest BCUT2D eigenvalue weighted by Crippen LogP contribution is 2.38. The van der Waals surface area contributed by atoms with Gasteiger partial charge in [0.05, 0.1) is 25.9 Å². The number of amides is 3. The normalized spacial score (nSPS) is 14.6. The molecular formula is C28H33N3O4S. The zero-order valence-corrected chi connectivity index (χ0v) is 21.8. The molecule has 4 rings (SSSR count). The Labute approximate surface area is 216 Å². The van der Waals surface area contributed by atoms with Gasteiger partial charge in [0, 0.05) is 24.0 Å². The molecule has 1 N–H and O–H groups in total. The predicted molar refractivity (Wildman–Crippen MR) is 143 cm³/mol. The fourth-order valence-electron chi connectivity index (χ4n) is 4.53. The van der Waals surface area contributed by atoms with E-state index < -0.39 is 0 Å². The summed E-state index contributed by atoms with van der Waals surface area (Å²) in [5.74, 6) is 1.07. The molecule has 0 saturated carbocycles. The van der Waals surface area contributed by atoms with Gasteiger partial charge in [0.2, 0.25) is 5.91 Å². The van der Waals surface area contributed by atoms with E-state index in [1.165, 1.54) is 10.4 Å². The number of fused-ring (bicyclic) bond motifs is 1. The van der Waals surface area contributed by atoms with Crippen molar-refractivity contribution in [2.45, 2.75) is 32.2 Å². The third kappa shape index (κ3) is 5.65. The summed E-state index contributed by atoms with van der Waals surface area (Å²) < 4.78 is 10.7. The molecule has 0 spiro atoms. The Kier molecular flexibility index (Phi) is 8.48. The van der Waals surface area contributed by atoms with Gasteiger partial charge in [-0.1, -0.05) is 43.7 Å². The number of anilines is 1. The first kappa shape index (κ1) is 25.6. The predicted octanol–water partition coefficient (Wildman–Crippen LogP) is 5.57. The Morgan fingerprint density at radius 3 is 2.64 bits per heavy atom. The summed E-state index contributed by atoms with van der Waals surface area (Å²) in [7, 11) is 3.12. The lowest BCUT2D eigenvalue weighted by atomic mass is 9.93. The number of methoxy groups -OCH3 is 2. The lowest BCUT2D eigenvalue weighted by molar-refractivity contribution is -0.133. The van der Waals surface area contributed by atoms with E-state index in [9.17, 15) is 9.59 Å². The average molecular weight is 508 g/mol. The van der Waals surface area contributed by atoms with Crippen LogP contribution in [0.4, 0.5) is 10.5 Å². The quantitative estimate of drug-likeness (QED) is 0.411. The number of hydrogen-bond acceptors (Lipinski definition) is 5. The molecule has 0 fully saturated rings. The molecule has 190 valence electrons. The van der Waals surface area contributed by atoms with Gasteiger partial charge in [0.15, 0.2) is 0 Å². The summed E-state index contributed by atoms with van der Waals surface area (Å²) in [6.07, 6.45) is 2.54. The summed E-state index contributed by atoms with van der Waals surface area (Å²) in [5, 5.41) is 5.02. The largest absolute Gasteiger partial charge is 0.497 e. The van der Waals surface area contributed by atoms with Gasteiger partial charge >= 0.3 is 6.03 Å². The third-order valence-corrected chi connectivity index (χ3v) is 7.44. The Morgan fingerprint density at radius 1 is 1.11 bits per heavy atom. The molecule has 0 saturated heterocycles. The van der Waals surface area contributed by atoms with Crippen LogP contribution in [0.25, 0.3) is 0 Å². The molecule has 2 heterocycles. The number of unbranched alkanes of at least 4 members (excludes halogenated alkanes) is 1. The molecule has 8 heteroatoms. The molecule has 0 radical (unpaired) electrons. The molecular weight excluding hydrogens is 474 g/mol. The molecule has 1 aliphatic rings. The smallest absolute Gasteiger partial charge is 0.322 e. The van der Waals surface area contributed by atoms with Crippen LogP contribution >= 0.6 is 11.3 Å². The second kappa shape index (κ2) is 11.9.